The van der Waals surface area contributed by atoms with Gasteiger partial charge in [-0.1, -0.05) is 17.7 Å². The summed E-state index contributed by atoms with van der Waals surface area (Å²) in [7, 11) is 0. The second-order valence-electron chi connectivity index (χ2n) is 3.60. The van der Waals surface area contributed by atoms with Crippen LogP contribution in [0, 0.1) is 0 Å². The van der Waals surface area contributed by atoms with Crippen LogP contribution in [0.3, 0.4) is 0 Å². The molecule has 1 aromatic heterocycles. The lowest BCUT2D eigenvalue weighted by atomic mass is 10.2. The summed E-state index contributed by atoms with van der Waals surface area (Å²) in [5.41, 5.74) is 6.49. The second-order valence-corrected chi connectivity index (χ2v) is 4.01. The Morgan fingerprint density at radius 2 is 2.06 bits per heavy atom. The van der Waals surface area contributed by atoms with Gasteiger partial charge in [0.05, 0.1) is 22.0 Å². The summed E-state index contributed by atoms with van der Waals surface area (Å²) in [6.45, 7) is 0. The summed E-state index contributed by atoms with van der Waals surface area (Å²) in [5.74, 6) is -0.397. The van der Waals surface area contributed by atoms with E-state index in [9.17, 15) is 9.59 Å². The quantitative estimate of drug-likeness (QED) is 0.723. The molecule has 1 aromatic carbocycles. The standard InChI is InChI=1S/C12H10ClN3O2/c13-8-2-1-3-9(14)11(8)16-12(18)7-4-5-10(17)15-6-7/h1-6H,14H2,(H,15,17)(H,16,18). The van der Waals surface area contributed by atoms with Crippen LogP contribution in [-0.4, -0.2) is 10.9 Å². The predicted octanol–water partition coefficient (Wildman–Crippen LogP) is 1.86. The van der Waals surface area contributed by atoms with Gasteiger partial charge in [-0.2, -0.15) is 0 Å². The lowest BCUT2D eigenvalue weighted by Gasteiger charge is -2.09. The van der Waals surface area contributed by atoms with Crippen molar-refractivity contribution in [1.82, 2.24) is 4.98 Å². The van der Waals surface area contributed by atoms with E-state index in [2.05, 4.69) is 10.3 Å². The van der Waals surface area contributed by atoms with E-state index < -0.39 is 5.91 Å². The van der Waals surface area contributed by atoms with Crippen LogP contribution < -0.4 is 16.6 Å². The van der Waals surface area contributed by atoms with Gasteiger partial charge in [0.1, 0.15) is 0 Å². The molecule has 0 saturated heterocycles. The predicted molar refractivity (Wildman–Crippen MR) is 70.9 cm³/mol. The normalized spacial score (nSPS) is 10.1. The van der Waals surface area contributed by atoms with Gasteiger partial charge >= 0.3 is 0 Å². The van der Waals surface area contributed by atoms with Crippen molar-refractivity contribution in [1.29, 1.82) is 0 Å². The fourth-order valence-electron chi connectivity index (χ4n) is 1.41. The molecule has 0 spiro atoms. The first-order chi connectivity index (χ1) is 8.58. The maximum Gasteiger partial charge on any atom is 0.257 e. The number of aromatic amines is 1. The van der Waals surface area contributed by atoms with Crippen LogP contribution in [0.15, 0.2) is 41.3 Å². The molecule has 5 nitrogen and oxygen atoms in total. The van der Waals surface area contributed by atoms with Gasteiger partial charge in [-0.05, 0) is 18.2 Å². The number of benzene rings is 1. The van der Waals surface area contributed by atoms with E-state index in [-0.39, 0.29) is 5.56 Å². The SMILES string of the molecule is Nc1cccc(Cl)c1NC(=O)c1ccc(=O)[nH]c1. The van der Waals surface area contributed by atoms with E-state index in [1.165, 1.54) is 18.3 Å². The highest BCUT2D eigenvalue weighted by molar-refractivity contribution is 6.34. The summed E-state index contributed by atoms with van der Waals surface area (Å²) in [6, 6.07) is 7.63. The highest BCUT2D eigenvalue weighted by Crippen LogP contribution is 2.28. The van der Waals surface area contributed by atoms with E-state index in [4.69, 9.17) is 17.3 Å². The number of carbonyl (C=O) groups excluding carboxylic acids is 1. The lowest BCUT2D eigenvalue weighted by molar-refractivity contribution is 0.102. The van der Waals surface area contributed by atoms with Gasteiger partial charge in [-0.3, -0.25) is 9.59 Å². The molecule has 18 heavy (non-hydrogen) atoms. The summed E-state index contributed by atoms with van der Waals surface area (Å²) < 4.78 is 0. The highest BCUT2D eigenvalue weighted by atomic mass is 35.5. The van der Waals surface area contributed by atoms with E-state index >= 15 is 0 Å². The van der Waals surface area contributed by atoms with Gasteiger partial charge in [0.2, 0.25) is 5.56 Å². The number of aromatic nitrogens is 1. The van der Waals surface area contributed by atoms with E-state index in [1.54, 1.807) is 18.2 Å². The number of nitrogens with one attached hydrogen (secondary N) is 2. The molecule has 0 radical (unpaired) electrons. The third-order valence-electron chi connectivity index (χ3n) is 2.33. The number of H-pyrrole nitrogens is 1. The van der Waals surface area contributed by atoms with Crippen LogP contribution in [0.2, 0.25) is 5.02 Å². The van der Waals surface area contributed by atoms with Crippen molar-refractivity contribution in [2.45, 2.75) is 0 Å². The molecule has 0 atom stereocenters. The number of carbonyl (C=O) groups is 1. The molecule has 92 valence electrons. The number of amides is 1. The van der Waals surface area contributed by atoms with Crippen molar-refractivity contribution in [3.8, 4) is 0 Å². The van der Waals surface area contributed by atoms with Gasteiger partial charge in [0, 0.05) is 12.3 Å². The molecule has 1 heterocycles. The molecule has 0 aliphatic carbocycles. The molecule has 1 amide bonds. The molecule has 6 heteroatoms. The van der Waals surface area contributed by atoms with Crippen LogP contribution in [-0.2, 0) is 0 Å². The molecule has 0 unspecified atom stereocenters. The van der Waals surface area contributed by atoms with Crippen LogP contribution in [0.25, 0.3) is 0 Å². The van der Waals surface area contributed by atoms with Crippen LogP contribution in [0.4, 0.5) is 11.4 Å². The Morgan fingerprint density at radius 3 is 2.67 bits per heavy atom. The molecule has 2 rings (SSSR count). The van der Waals surface area contributed by atoms with Gasteiger partial charge < -0.3 is 16.0 Å². The highest BCUT2D eigenvalue weighted by Gasteiger charge is 2.10. The zero-order valence-corrected chi connectivity index (χ0v) is 9.99. The molecule has 0 aliphatic heterocycles. The van der Waals surface area contributed by atoms with E-state index in [0.29, 0.717) is 22.0 Å². The van der Waals surface area contributed by atoms with Gasteiger partial charge in [0.25, 0.3) is 5.91 Å². The van der Waals surface area contributed by atoms with E-state index in [0.717, 1.165) is 0 Å². The first kappa shape index (κ1) is 12.2. The van der Waals surface area contributed by atoms with Crippen molar-refractivity contribution in [3.05, 3.63) is 57.5 Å². The lowest BCUT2D eigenvalue weighted by Crippen LogP contribution is -2.15. The largest absolute Gasteiger partial charge is 0.397 e. The van der Waals surface area contributed by atoms with Crippen molar-refractivity contribution in [3.63, 3.8) is 0 Å². The number of pyridine rings is 1. The Balaban J connectivity index is 2.27. The minimum Gasteiger partial charge on any atom is -0.397 e. The molecule has 4 N–H and O–H groups in total. The average Bonchev–Trinajstić information content (AvgIpc) is 2.34. The Kier molecular flexibility index (Phi) is 3.34. The number of halogens is 1. The third-order valence-corrected chi connectivity index (χ3v) is 2.65. The van der Waals surface area contributed by atoms with Crippen molar-refractivity contribution < 1.29 is 4.79 Å². The van der Waals surface area contributed by atoms with Crippen molar-refractivity contribution >= 4 is 28.9 Å². The van der Waals surface area contributed by atoms with Gasteiger partial charge in [0.15, 0.2) is 0 Å². The summed E-state index contributed by atoms with van der Waals surface area (Å²) >= 11 is 5.93. The Morgan fingerprint density at radius 1 is 1.28 bits per heavy atom. The Bertz CT molecular complexity index is 611. The minimum absolute atomic E-state index is 0.274. The first-order valence-electron chi connectivity index (χ1n) is 5.12. The molecule has 0 fully saturated rings. The Labute approximate surface area is 108 Å². The maximum atomic E-state index is 11.9. The second kappa shape index (κ2) is 4.93. The zero-order valence-electron chi connectivity index (χ0n) is 9.24. The van der Waals surface area contributed by atoms with Crippen LogP contribution >= 0.6 is 11.6 Å². The minimum atomic E-state index is -0.397. The van der Waals surface area contributed by atoms with E-state index in [1.807, 2.05) is 0 Å². The number of para-hydroxylation sites is 1. The Hall–Kier alpha value is -2.27. The smallest absolute Gasteiger partial charge is 0.257 e. The number of anilines is 2. The molecule has 0 bridgehead atoms. The molecule has 0 saturated carbocycles. The monoisotopic (exact) mass is 263 g/mol. The molecular weight excluding hydrogens is 254 g/mol. The fraction of sp³-hybridized carbons (Fsp3) is 0. The summed E-state index contributed by atoms with van der Waals surface area (Å²) in [5, 5.41) is 2.95. The van der Waals surface area contributed by atoms with Gasteiger partial charge in [-0.15, -0.1) is 0 Å². The van der Waals surface area contributed by atoms with Gasteiger partial charge in [-0.25, -0.2) is 0 Å². The molecule has 2 aromatic rings. The first-order valence-corrected chi connectivity index (χ1v) is 5.50. The van der Waals surface area contributed by atoms with Crippen LogP contribution in [0.1, 0.15) is 10.4 Å². The van der Waals surface area contributed by atoms with Crippen molar-refractivity contribution in [2.75, 3.05) is 11.1 Å². The number of nitrogen functional groups attached to an aromatic ring is 1. The van der Waals surface area contributed by atoms with Crippen molar-refractivity contribution in [2.24, 2.45) is 0 Å². The zero-order chi connectivity index (χ0) is 13.1. The fourth-order valence-corrected chi connectivity index (χ4v) is 1.64. The number of hydrogen-bond acceptors (Lipinski definition) is 3. The topological polar surface area (TPSA) is 88.0 Å². The van der Waals surface area contributed by atoms with Crippen LogP contribution in [0.5, 0.6) is 0 Å². The number of hydrogen-bond donors (Lipinski definition) is 3. The molecule has 0 aliphatic rings. The number of rotatable bonds is 2. The number of nitrogens with two attached hydrogens (primary N) is 1. The average molecular weight is 264 g/mol. The summed E-state index contributed by atoms with van der Waals surface area (Å²) in [6.07, 6.45) is 1.32. The maximum absolute atomic E-state index is 11.9. The summed E-state index contributed by atoms with van der Waals surface area (Å²) in [4.78, 5) is 25.2. The molecular formula is C12H10ClN3O2. The third kappa shape index (κ3) is 2.52.